The van der Waals surface area contributed by atoms with Crippen LogP contribution in [0, 0.1) is 12.8 Å². The SMILES string of the molecule is Cc1ccc(C(=O)N2CCN(C(=O)CC(C)C)CC2)cc1S(=O)(=O)NCc1ccccc1. The Labute approximate surface area is 190 Å². The topological polar surface area (TPSA) is 86.8 Å². The Morgan fingerprint density at radius 3 is 2.22 bits per heavy atom. The number of carbonyl (C=O) groups is 2. The van der Waals surface area contributed by atoms with Crippen LogP contribution in [0.25, 0.3) is 0 Å². The van der Waals surface area contributed by atoms with Gasteiger partial charge in [-0.05, 0) is 36.1 Å². The molecule has 1 heterocycles. The first-order valence-corrected chi connectivity index (χ1v) is 12.4. The van der Waals surface area contributed by atoms with Crippen LogP contribution in [0.3, 0.4) is 0 Å². The number of nitrogens with zero attached hydrogens (tertiary/aromatic N) is 2. The van der Waals surface area contributed by atoms with E-state index in [4.69, 9.17) is 0 Å². The number of nitrogens with one attached hydrogen (secondary N) is 1. The second-order valence-corrected chi connectivity index (χ2v) is 10.3. The number of rotatable bonds is 7. The average Bonchev–Trinajstić information content (AvgIpc) is 2.78. The van der Waals surface area contributed by atoms with Gasteiger partial charge in [-0.2, -0.15) is 0 Å². The second kappa shape index (κ2) is 10.3. The van der Waals surface area contributed by atoms with E-state index in [1.54, 1.807) is 28.9 Å². The first-order chi connectivity index (χ1) is 15.2. The van der Waals surface area contributed by atoms with E-state index in [1.165, 1.54) is 6.07 Å². The zero-order valence-corrected chi connectivity index (χ0v) is 19.7. The van der Waals surface area contributed by atoms with E-state index in [0.29, 0.717) is 49.6 Å². The fourth-order valence-electron chi connectivity index (χ4n) is 3.69. The normalized spacial score (nSPS) is 14.6. The Hall–Kier alpha value is -2.71. The maximum Gasteiger partial charge on any atom is 0.254 e. The largest absolute Gasteiger partial charge is 0.339 e. The van der Waals surface area contributed by atoms with Crippen LogP contribution in [0.1, 0.15) is 41.8 Å². The number of hydrogen-bond donors (Lipinski definition) is 1. The van der Waals surface area contributed by atoms with Gasteiger partial charge in [0.25, 0.3) is 5.91 Å². The number of hydrogen-bond acceptors (Lipinski definition) is 4. The summed E-state index contributed by atoms with van der Waals surface area (Å²) in [7, 11) is -3.78. The Balaban J connectivity index is 1.68. The lowest BCUT2D eigenvalue weighted by Crippen LogP contribution is -2.50. The number of benzene rings is 2. The van der Waals surface area contributed by atoms with Gasteiger partial charge in [0.2, 0.25) is 15.9 Å². The molecule has 2 aromatic carbocycles. The van der Waals surface area contributed by atoms with E-state index in [-0.39, 0.29) is 23.3 Å². The van der Waals surface area contributed by atoms with Crippen molar-refractivity contribution >= 4 is 21.8 Å². The molecule has 0 spiro atoms. The van der Waals surface area contributed by atoms with Gasteiger partial charge in [-0.15, -0.1) is 0 Å². The van der Waals surface area contributed by atoms with E-state index in [0.717, 1.165) is 5.56 Å². The summed E-state index contributed by atoms with van der Waals surface area (Å²) >= 11 is 0. The van der Waals surface area contributed by atoms with Gasteiger partial charge in [-0.3, -0.25) is 9.59 Å². The quantitative estimate of drug-likeness (QED) is 0.693. The Morgan fingerprint density at radius 1 is 0.969 bits per heavy atom. The molecule has 0 radical (unpaired) electrons. The fraction of sp³-hybridized carbons (Fsp3) is 0.417. The van der Waals surface area contributed by atoms with Crippen LogP contribution < -0.4 is 4.72 Å². The number of aryl methyl sites for hydroxylation is 1. The maximum atomic E-state index is 13.0. The second-order valence-electron chi connectivity index (χ2n) is 8.56. The molecule has 32 heavy (non-hydrogen) atoms. The van der Waals surface area contributed by atoms with E-state index in [9.17, 15) is 18.0 Å². The van der Waals surface area contributed by atoms with Crippen molar-refractivity contribution in [2.24, 2.45) is 5.92 Å². The minimum atomic E-state index is -3.78. The predicted octanol–water partition coefficient (Wildman–Crippen LogP) is 2.80. The van der Waals surface area contributed by atoms with Crippen molar-refractivity contribution in [2.45, 2.75) is 38.6 Å². The average molecular weight is 458 g/mol. The molecule has 3 rings (SSSR count). The van der Waals surface area contributed by atoms with Crippen molar-refractivity contribution in [3.63, 3.8) is 0 Å². The number of sulfonamides is 1. The molecule has 1 aliphatic heterocycles. The molecule has 1 aliphatic rings. The summed E-state index contributed by atoms with van der Waals surface area (Å²) in [6.45, 7) is 7.76. The van der Waals surface area contributed by atoms with E-state index < -0.39 is 10.0 Å². The molecular weight excluding hydrogens is 426 g/mol. The van der Waals surface area contributed by atoms with Crippen LogP contribution in [0.15, 0.2) is 53.4 Å². The van der Waals surface area contributed by atoms with E-state index in [2.05, 4.69) is 4.72 Å². The van der Waals surface area contributed by atoms with Gasteiger partial charge in [-0.1, -0.05) is 50.2 Å². The lowest BCUT2D eigenvalue weighted by atomic mass is 10.1. The summed E-state index contributed by atoms with van der Waals surface area (Å²) in [5, 5.41) is 0. The van der Waals surface area contributed by atoms with Gasteiger partial charge in [-0.25, -0.2) is 13.1 Å². The predicted molar refractivity (Wildman–Crippen MR) is 124 cm³/mol. The van der Waals surface area contributed by atoms with Gasteiger partial charge in [0.1, 0.15) is 0 Å². The van der Waals surface area contributed by atoms with Gasteiger partial charge in [0, 0.05) is 44.7 Å². The third kappa shape index (κ3) is 5.95. The maximum absolute atomic E-state index is 13.0. The highest BCUT2D eigenvalue weighted by atomic mass is 32.2. The summed E-state index contributed by atoms with van der Waals surface area (Å²) in [6.07, 6.45) is 0.503. The van der Waals surface area contributed by atoms with Crippen molar-refractivity contribution in [1.82, 2.24) is 14.5 Å². The fourth-order valence-corrected chi connectivity index (χ4v) is 4.98. The van der Waals surface area contributed by atoms with Gasteiger partial charge < -0.3 is 9.80 Å². The number of amides is 2. The van der Waals surface area contributed by atoms with Crippen LogP contribution in [-0.2, 0) is 21.4 Å². The van der Waals surface area contributed by atoms with Crippen molar-refractivity contribution in [1.29, 1.82) is 0 Å². The Bertz CT molecular complexity index is 1060. The smallest absolute Gasteiger partial charge is 0.254 e. The van der Waals surface area contributed by atoms with Crippen molar-refractivity contribution in [2.75, 3.05) is 26.2 Å². The molecule has 7 nitrogen and oxygen atoms in total. The lowest BCUT2D eigenvalue weighted by Gasteiger charge is -2.35. The summed E-state index contributed by atoms with van der Waals surface area (Å²) in [5.74, 6) is 0.186. The molecule has 2 aromatic rings. The molecule has 0 aliphatic carbocycles. The van der Waals surface area contributed by atoms with Crippen LogP contribution in [0.4, 0.5) is 0 Å². The zero-order valence-electron chi connectivity index (χ0n) is 18.9. The summed E-state index contributed by atoms with van der Waals surface area (Å²) in [4.78, 5) is 28.9. The highest BCUT2D eigenvalue weighted by Crippen LogP contribution is 2.20. The highest BCUT2D eigenvalue weighted by Gasteiger charge is 2.26. The molecule has 0 saturated carbocycles. The molecule has 1 N–H and O–H groups in total. The van der Waals surface area contributed by atoms with E-state index >= 15 is 0 Å². The minimum Gasteiger partial charge on any atom is -0.339 e. The molecule has 0 bridgehead atoms. The molecule has 1 saturated heterocycles. The van der Waals surface area contributed by atoms with Crippen LogP contribution in [0.2, 0.25) is 0 Å². The monoisotopic (exact) mass is 457 g/mol. The van der Waals surface area contributed by atoms with Crippen LogP contribution in [-0.4, -0.2) is 56.2 Å². The molecule has 172 valence electrons. The zero-order chi connectivity index (χ0) is 23.3. The molecule has 8 heteroatoms. The molecule has 0 atom stereocenters. The first-order valence-electron chi connectivity index (χ1n) is 10.9. The van der Waals surface area contributed by atoms with Crippen molar-refractivity contribution < 1.29 is 18.0 Å². The Morgan fingerprint density at radius 2 is 1.59 bits per heavy atom. The summed E-state index contributed by atoms with van der Waals surface area (Å²) < 4.78 is 28.4. The van der Waals surface area contributed by atoms with Gasteiger partial charge >= 0.3 is 0 Å². The first kappa shape index (κ1) is 23.9. The molecule has 1 fully saturated rings. The third-order valence-electron chi connectivity index (χ3n) is 5.54. The highest BCUT2D eigenvalue weighted by molar-refractivity contribution is 7.89. The summed E-state index contributed by atoms with van der Waals surface area (Å²) in [6, 6.07) is 14.0. The van der Waals surface area contributed by atoms with E-state index in [1.807, 2.05) is 44.2 Å². The molecular formula is C24H31N3O4S. The third-order valence-corrected chi connectivity index (χ3v) is 7.08. The molecule has 0 unspecified atom stereocenters. The Kier molecular flexibility index (Phi) is 7.69. The van der Waals surface area contributed by atoms with Crippen LogP contribution in [0.5, 0.6) is 0 Å². The van der Waals surface area contributed by atoms with Gasteiger partial charge in [0.05, 0.1) is 4.90 Å². The van der Waals surface area contributed by atoms with Crippen molar-refractivity contribution in [3.05, 3.63) is 65.2 Å². The van der Waals surface area contributed by atoms with Crippen LogP contribution >= 0.6 is 0 Å². The standard InChI is InChI=1S/C24H31N3O4S/c1-18(2)15-23(28)26-11-13-27(14-12-26)24(29)21-10-9-19(3)22(16-21)32(30,31)25-17-20-7-5-4-6-8-20/h4-10,16,18,25H,11-15,17H2,1-3H3. The molecule has 2 amide bonds. The van der Waals surface area contributed by atoms with Crippen molar-refractivity contribution in [3.8, 4) is 0 Å². The molecule has 0 aromatic heterocycles. The number of carbonyl (C=O) groups excluding carboxylic acids is 2. The lowest BCUT2D eigenvalue weighted by molar-refractivity contribution is -0.133. The summed E-state index contributed by atoms with van der Waals surface area (Å²) in [5.41, 5.74) is 1.76. The minimum absolute atomic E-state index is 0.102. The van der Waals surface area contributed by atoms with Gasteiger partial charge in [0.15, 0.2) is 0 Å². The number of piperazine rings is 1.